The van der Waals surface area contributed by atoms with Gasteiger partial charge in [-0.3, -0.25) is 0 Å². The summed E-state index contributed by atoms with van der Waals surface area (Å²) in [4.78, 5) is 14.8. The van der Waals surface area contributed by atoms with Gasteiger partial charge in [0, 0.05) is 19.2 Å². The molecule has 0 radical (unpaired) electrons. The molecule has 1 saturated heterocycles. The minimum atomic E-state index is 0.265. The monoisotopic (exact) mass is 375 g/mol. The summed E-state index contributed by atoms with van der Waals surface area (Å²) in [5.41, 5.74) is 1.24. The standard InChI is InChI=1S/C20H21N7O/c1-26-7-5-17(6-8-26)28-18-4-2-3-16(9-18)27-13-20(24-14-27)25-19-12-22-15(10-21)11-23-19/h2-4,9,11-14,17H,5-8H2,1H3,(H,23,25). The fourth-order valence-electron chi connectivity index (χ4n) is 3.12. The number of aromatic nitrogens is 4. The Morgan fingerprint density at radius 3 is 2.75 bits per heavy atom. The first-order chi connectivity index (χ1) is 13.7. The highest BCUT2D eigenvalue weighted by Crippen LogP contribution is 2.22. The quantitative estimate of drug-likeness (QED) is 0.733. The number of nitrogens with one attached hydrogen (secondary N) is 1. The second-order valence-corrected chi connectivity index (χ2v) is 6.81. The molecule has 142 valence electrons. The summed E-state index contributed by atoms with van der Waals surface area (Å²) in [5, 5.41) is 11.9. The summed E-state index contributed by atoms with van der Waals surface area (Å²) in [7, 11) is 2.14. The minimum absolute atomic E-state index is 0.265. The second-order valence-electron chi connectivity index (χ2n) is 6.81. The Morgan fingerprint density at radius 2 is 2.00 bits per heavy atom. The van der Waals surface area contributed by atoms with Crippen LogP contribution in [0, 0.1) is 11.3 Å². The van der Waals surface area contributed by atoms with E-state index < -0.39 is 0 Å². The third-order valence-electron chi connectivity index (χ3n) is 4.69. The Balaban J connectivity index is 1.43. The highest BCUT2D eigenvalue weighted by atomic mass is 16.5. The maximum Gasteiger partial charge on any atom is 0.158 e. The Kier molecular flexibility index (Phi) is 5.17. The number of rotatable bonds is 5. The number of nitriles is 1. The number of nitrogens with zero attached hydrogens (tertiary/aromatic N) is 6. The molecule has 0 unspecified atom stereocenters. The Hall–Kier alpha value is -3.44. The maximum atomic E-state index is 8.78. The summed E-state index contributed by atoms with van der Waals surface area (Å²) in [6.07, 6.45) is 8.89. The van der Waals surface area contributed by atoms with Gasteiger partial charge in [0.2, 0.25) is 0 Å². The van der Waals surface area contributed by atoms with Crippen molar-refractivity contribution in [2.45, 2.75) is 18.9 Å². The van der Waals surface area contributed by atoms with Crippen LogP contribution in [0.25, 0.3) is 5.69 Å². The summed E-state index contributed by atoms with van der Waals surface area (Å²) < 4.78 is 8.09. The smallest absolute Gasteiger partial charge is 0.158 e. The van der Waals surface area contributed by atoms with Crippen LogP contribution in [0.5, 0.6) is 5.75 Å². The first-order valence-electron chi connectivity index (χ1n) is 9.18. The zero-order valence-corrected chi connectivity index (χ0v) is 15.6. The van der Waals surface area contributed by atoms with E-state index in [1.165, 1.54) is 12.4 Å². The molecule has 1 aliphatic heterocycles. The largest absolute Gasteiger partial charge is 0.490 e. The lowest BCUT2D eigenvalue weighted by Gasteiger charge is -2.29. The number of hydrogen-bond donors (Lipinski definition) is 1. The molecule has 0 saturated carbocycles. The molecule has 0 aliphatic carbocycles. The first-order valence-corrected chi connectivity index (χ1v) is 9.18. The van der Waals surface area contributed by atoms with E-state index >= 15 is 0 Å². The van der Waals surface area contributed by atoms with Crippen LogP contribution < -0.4 is 10.1 Å². The Bertz CT molecular complexity index is 969. The van der Waals surface area contributed by atoms with E-state index in [1.54, 1.807) is 6.33 Å². The lowest BCUT2D eigenvalue weighted by atomic mass is 10.1. The molecule has 2 aromatic heterocycles. The van der Waals surface area contributed by atoms with Crippen LogP contribution in [0.4, 0.5) is 11.6 Å². The molecule has 4 rings (SSSR count). The van der Waals surface area contributed by atoms with Gasteiger partial charge in [-0.05, 0) is 32.0 Å². The van der Waals surface area contributed by atoms with Gasteiger partial charge >= 0.3 is 0 Å². The average Bonchev–Trinajstić information content (AvgIpc) is 3.19. The highest BCUT2D eigenvalue weighted by molar-refractivity contribution is 5.51. The van der Waals surface area contributed by atoms with E-state index in [2.05, 4.69) is 32.2 Å². The molecule has 1 aliphatic rings. The van der Waals surface area contributed by atoms with E-state index in [4.69, 9.17) is 10.00 Å². The van der Waals surface area contributed by atoms with Gasteiger partial charge in [-0.15, -0.1) is 0 Å². The molecule has 8 nitrogen and oxygen atoms in total. The van der Waals surface area contributed by atoms with Crippen molar-refractivity contribution < 1.29 is 4.74 Å². The van der Waals surface area contributed by atoms with Crippen LogP contribution in [0.1, 0.15) is 18.5 Å². The lowest BCUT2D eigenvalue weighted by Crippen LogP contribution is -2.35. The summed E-state index contributed by atoms with van der Waals surface area (Å²) >= 11 is 0. The molecule has 8 heteroatoms. The SMILES string of the molecule is CN1CCC(Oc2cccc(-n3cnc(Nc4cnc(C#N)cn4)c3)c2)CC1. The number of likely N-dealkylation sites (tertiary alicyclic amines) is 1. The van der Waals surface area contributed by atoms with Gasteiger partial charge in [0.15, 0.2) is 5.69 Å². The third-order valence-corrected chi connectivity index (χ3v) is 4.69. The van der Waals surface area contributed by atoms with Gasteiger partial charge in [-0.1, -0.05) is 6.07 Å². The number of anilines is 2. The van der Waals surface area contributed by atoms with Crippen LogP contribution >= 0.6 is 0 Å². The summed E-state index contributed by atoms with van der Waals surface area (Å²) in [5.74, 6) is 2.04. The van der Waals surface area contributed by atoms with Crippen LogP contribution in [0.15, 0.2) is 49.2 Å². The molecule has 1 aromatic carbocycles. The van der Waals surface area contributed by atoms with E-state index in [-0.39, 0.29) is 11.8 Å². The molecule has 3 aromatic rings. The molecule has 0 spiro atoms. The minimum Gasteiger partial charge on any atom is -0.490 e. The van der Waals surface area contributed by atoms with Crippen LogP contribution in [-0.4, -0.2) is 50.7 Å². The predicted molar refractivity (Wildman–Crippen MR) is 105 cm³/mol. The molecule has 0 atom stereocenters. The van der Waals surface area contributed by atoms with Crippen LogP contribution in [0.3, 0.4) is 0 Å². The van der Waals surface area contributed by atoms with Crippen molar-refractivity contribution in [1.82, 2.24) is 24.4 Å². The van der Waals surface area contributed by atoms with E-state index in [0.717, 1.165) is 37.4 Å². The molecule has 28 heavy (non-hydrogen) atoms. The fourth-order valence-corrected chi connectivity index (χ4v) is 3.12. The van der Waals surface area contributed by atoms with Crippen LogP contribution in [0.2, 0.25) is 0 Å². The van der Waals surface area contributed by atoms with Crippen molar-refractivity contribution in [2.75, 3.05) is 25.5 Å². The van der Waals surface area contributed by atoms with Crippen molar-refractivity contribution in [1.29, 1.82) is 5.26 Å². The van der Waals surface area contributed by atoms with Crippen molar-refractivity contribution >= 4 is 11.6 Å². The normalized spacial score (nSPS) is 15.1. The summed E-state index contributed by atoms with van der Waals surface area (Å²) in [6, 6.07) is 9.95. The number of ether oxygens (including phenoxy) is 1. The molecule has 0 amide bonds. The zero-order valence-electron chi connectivity index (χ0n) is 15.6. The number of imidazole rings is 1. The predicted octanol–water partition coefficient (Wildman–Crippen LogP) is 2.75. The zero-order chi connectivity index (χ0) is 19.3. The first kappa shape index (κ1) is 17.9. The Labute approximate surface area is 163 Å². The molecule has 1 fully saturated rings. The molecular formula is C20H21N7O. The maximum absolute atomic E-state index is 8.78. The van der Waals surface area contributed by atoms with Crippen LogP contribution in [-0.2, 0) is 0 Å². The summed E-state index contributed by atoms with van der Waals surface area (Å²) in [6.45, 7) is 2.14. The highest BCUT2D eigenvalue weighted by Gasteiger charge is 2.18. The van der Waals surface area contributed by atoms with Gasteiger partial charge < -0.3 is 19.5 Å². The van der Waals surface area contributed by atoms with Crippen molar-refractivity contribution in [3.05, 3.63) is 54.9 Å². The number of benzene rings is 1. The molecule has 3 heterocycles. The Morgan fingerprint density at radius 1 is 1.14 bits per heavy atom. The molecule has 0 bridgehead atoms. The van der Waals surface area contributed by atoms with Gasteiger partial charge in [-0.2, -0.15) is 5.26 Å². The molecule has 1 N–H and O–H groups in total. The average molecular weight is 375 g/mol. The third kappa shape index (κ3) is 4.27. The number of piperidine rings is 1. The van der Waals surface area contributed by atoms with Gasteiger partial charge in [0.25, 0.3) is 0 Å². The topological polar surface area (TPSA) is 91.9 Å². The van der Waals surface area contributed by atoms with Crippen molar-refractivity contribution in [3.8, 4) is 17.5 Å². The van der Waals surface area contributed by atoms with E-state index in [9.17, 15) is 0 Å². The second kappa shape index (κ2) is 8.06. The lowest BCUT2D eigenvalue weighted by molar-refractivity contribution is 0.114. The van der Waals surface area contributed by atoms with Crippen molar-refractivity contribution in [3.63, 3.8) is 0 Å². The molecular weight excluding hydrogens is 354 g/mol. The van der Waals surface area contributed by atoms with E-state index in [0.29, 0.717) is 11.6 Å². The van der Waals surface area contributed by atoms with Gasteiger partial charge in [0.05, 0.1) is 24.3 Å². The van der Waals surface area contributed by atoms with Gasteiger partial charge in [0.1, 0.15) is 35.9 Å². The fraction of sp³-hybridized carbons (Fsp3) is 0.300. The number of hydrogen-bond acceptors (Lipinski definition) is 7. The van der Waals surface area contributed by atoms with E-state index in [1.807, 2.05) is 41.1 Å². The van der Waals surface area contributed by atoms with Gasteiger partial charge in [-0.25, -0.2) is 15.0 Å². The van der Waals surface area contributed by atoms with Crippen molar-refractivity contribution in [2.24, 2.45) is 0 Å².